The van der Waals surface area contributed by atoms with Gasteiger partial charge in [-0.25, -0.2) is 0 Å². The van der Waals surface area contributed by atoms with E-state index < -0.39 is 6.04 Å². The zero-order chi connectivity index (χ0) is 20.1. The molecule has 0 saturated carbocycles. The number of carbonyl (C=O) groups excluding carboxylic acids is 2. The Morgan fingerprint density at radius 2 is 1.79 bits per heavy atom. The third-order valence-electron chi connectivity index (χ3n) is 4.75. The number of carbonyl (C=O) groups is 2. The zero-order valence-corrected chi connectivity index (χ0v) is 17.0. The number of rotatable bonds is 8. The third kappa shape index (κ3) is 4.42. The lowest BCUT2D eigenvalue weighted by atomic mass is 10.1. The van der Waals surface area contributed by atoms with Crippen LogP contribution in [-0.4, -0.2) is 49.8 Å². The van der Waals surface area contributed by atoms with Crippen molar-refractivity contribution in [3.8, 4) is 11.5 Å². The standard InChI is InChI=1S/C21H24N2O4S/c1-26-18-9-4-14(12-19(18)27-2)10-11-23-20(24)13-17(21(23)25)22-15-5-7-16(28-3)8-6-15/h4-9,12,17,22H,10-11,13H2,1-3H3. The molecular weight excluding hydrogens is 376 g/mol. The van der Waals surface area contributed by atoms with E-state index in [2.05, 4.69) is 5.32 Å². The van der Waals surface area contributed by atoms with Crippen LogP contribution < -0.4 is 14.8 Å². The Morgan fingerprint density at radius 1 is 1.07 bits per heavy atom. The Kier molecular flexibility index (Phi) is 6.46. The summed E-state index contributed by atoms with van der Waals surface area (Å²) >= 11 is 1.66. The molecule has 7 heteroatoms. The molecule has 3 rings (SSSR count). The van der Waals surface area contributed by atoms with Gasteiger partial charge >= 0.3 is 0 Å². The van der Waals surface area contributed by atoms with Crippen molar-refractivity contribution in [2.24, 2.45) is 0 Å². The van der Waals surface area contributed by atoms with Crippen LogP contribution in [-0.2, 0) is 16.0 Å². The molecule has 2 amide bonds. The Labute approximate surface area is 169 Å². The van der Waals surface area contributed by atoms with Crippen molar-refractivity contribution in [1.82, 2.24) is 4.90 Å². The van der Waals surface area contributed by atoms with E-state index in [4.69, 9.17) is 9.47 Å². The maximum absolute atomic E-state index is 12.7. The molecule has 0 bridgehead atoms. The summed E-state index contributed by atoms with van der Waals surface area (Å²) in [5.74, 6) is 0.951. The SMILES string of the molecule is COc1ccc(CCN2C(=O)CC(Nc3ccc(SC)cc3)C2=O)cc1OC. The number of benzene rings is 2. The van der Waals surface area contributed by atoms with Crippen LogP contribution in [0.5, 0.6) is 11.5 Å². The molecular formula is C21H24N2O4S. The average molecular weight is 401 g/mol. The molecule has 6 nitrogen and oxygen atoms in total. The maximum atomic E-state index is 12.7. The summed E-state index contributed by atoms with van der Waals surface area (Å²) < 4.78 is 10.5. The summed E-state index contributed by atoms with van der Waals surface area (Å²) in [6.45, 7) is 0.344. The van der Waals surface area contributed by atoms with Crippen LogP contribution in [0.3, 0.4) is 0 Å². The normalized spacial score (nSPS) is 16.4. The molecule has 2 aromatic rings. The van der Waals surface area contributed by atoms with Gasteiger partial charge in [-0.05, 0) is 54.6 Å². The lowest BCUT2D eigenvalue weighted by molar-refractivity contribution is -0.138. The van der Waals surface area contributed by atoms with Crippen molar-refractivity contribution < 1.29 is 19.1 Å². The molecule has 2 aromatic carbocycles. The van der Waals surface area contributed by atoms with Crippen molar-refractivity contribution in [3.63, 3.8) is 0 Å². The maximum Gasteiger partial charge on any atom is 0.252 e. The van der Waals surface area contributed by atoms with Crippen LogP contribution in [0.15, 0.2) is 47.4 Å². The van der Waals surface area contributed by atoms with Crippen LogP contribution in [0.1, 0.15) is 12.0 Å². The number of likely N-dealkylation sites (tertiary alicyclic amines) is 1. The van der Waals surface area contributed by atoms with Gasteiger partial charge in [0.2, 0.25) is 5.91 Å². The third-order valence-corrected chi connectivity index (χ3v) is 5.49. The van der Waals surface area contributed by atoms with Crippen LogP contribution in [0, 0.1) is 0 Å². The van der Waals surface area contributed by atoms with E-state index >= 15 is 0 Å². The first kappa shape index (κ1) is 20.1. The Bertz CT molecular complexity index is 854. The molecule has 1 aliphatic rings. The van der Waals surface area contributed by atoms with Crippen molar-refractivity contribution in [2.45, 2.75) is 23.8 Å². The van der Waals surface area contributed by atoms with Gasteiger partial charge in [-0.2, -0.15) is 0 Å². The van der Waals surface area contributed by atoms with E-state index in [1.165, 1.54) is 4.90 Å². The summed E-state index contributed by atoms with van der Waals surface area (Å²) in [4.78, 5) is 27.5. The lowest BCUT2D eigenvalue weighted by Crippen LogP contribution is -2.36. The summed E-state index contributed by atoms with van der Waals surface area (Å²) in [6.07, 6.45) is 2.75. The highest BCUT2D eigenvalue weighted by Crippen LogP contribution is 2.28. The smallest absolute Gasteiger partial charge is 0.252 e. The number of anilines is 1. The number of nitrogens with zero attached hydrogens (tertiary/aromatic N) is 1. The topological polar surface area (TPSA) is 67.9 Å². The Hall–Kier alpha value is -2.67. The van der Waals surface area contributed by atoms with Gasteiger partial charge in [0.1, 0.15) is 6.04 Å². The fraction of sp³-hybridized carbons (Fsp3) is 0.333. The van der Waals surface area contributed by atoms with E-state index in [0.29, 0.717) is 24.5 Å². The van der Waals surface area contributed by atoms with E-state index in [1.54, 1.807) is 26.0 Å². The number of hydrogen-bond donors (Lipinski definition) is 1. The molecule has 0 aromatic heterocycles. The van der Waals surface area contributed by atoms with Crippen molar-refractivity contribution in [3.05, 3.63) is 48.0 Å². The molecule has 0 spiro atoms. The summed E-state index contributed by atoms with van der Waals surface area (Å²) in [5.41, 5.74) is 1.81. The highest BCUT2D eigenvalue weighted by Gasteiger charge is 2.38. The number of amides is 2. The van der Waals surface area contributed by atoms with Crippen LogP contribution in [0.4, 0.5) is 5.69 Å². The average Bonchev–Trinajstić information content (AvgIpc) is 2.99. The molecule has 0 radical (unpaired) electrons. The predicted octanol–water partition coefficient (Wildman–Crippen LogP) is 3.21. The Morgan fingerprint density at radius 3 is 2.43 bits per heavy atom. The molecule has 1 aliphatic heterocycles. The number of hydrogen-bond acceptors (Lipinski definition) is 6. The van der Waals surface area contributed by atoms with Gasteiger partial charge in [-0.3, -0.25) is 14.5 Å². The first-order valence-electron chi connectivity index (χ1n) is 9.01. The molecule has 28 heavy (non-hydrogen) atoms. The van der Waals surface area contributed by atoms with Crippen molar-refractivity contribution in [1.29, 1.82) is 0 Å². The van der Waals surface area contributed by atoms with Crippen LogP contribution in [0.2, 0.25) is 0 Å². The van der Waals surface area contributed by atoms with Gasteiger partial charge in [-0.1, -0.05) is 6.07 Å². The van der Waals surface area contributed by atoms with Crippen molar-refractivity contribution in [2.75, 3.05) is 32.3 Å². The summed E-state index contributed by atoms with van der Waals surface area (Å²) in [5, 5.41) is 3.18. The minimum absolute atomic E-state index is 0.149. The quantitative estimate of drug-likeness (QED) is 0.542. The fourth-order valence-corrected chi connectivity index (χ4v) is 3.60. The first-order valence-corrected chi connectivity index (χ1v) is 10.2. The minimum atomic E-state index is -0.516. The lowest BCUT2D eigenvalue weighted by Gasteiger charge is -2.17. The predicted molar refractivity (Wildman–Crippen MR) is 110 cm³/mol. The second-order valence-electron chi connectivity index (χ2n) is 6.45. The van der Waals surface area contributed by atoms with E-state index in [0.717, 1.165) is 16.1 Å². The van der Waals surface area contributed by atoms with Gasteiger partial charge in [-0.15, -0.1) is 11.8 Å². The van der Waals surface area contributed by atoms with E-state index in [-0.39, 0.29) is 18.2 Å². The fourth-order valence-electron chi connectivity index (χ4n) is 3.20. The largest absolute Gasteiger partial charge is 0.493 e. The van der Waals surface area contributed by atoms with Gasteiger partial charge in [0.05, 0.1) is 20.6 Å². The minimum Gasteiger partial charge on any atom is -0.493 e. The number of methoxy groups -OCH3 is 2. The molecule has 1 fully saturated rings. The number of nitrogens with one attached hydrogen (secondary N) is 1. The number of imide groups is 1. The van der Waals surface area contributed by atoms with Crippen LogP contribution in [0.25, 0.3) is 0 Å². The van der Waals surface area contributed by atoms with Crippen molar-refractivity contribution >= 4 is 29.3 Å². The van der Waals surface area contributed by atoms with E-state index in [1.807, 2.05) is 48.7 Å². The van der Waals surface area contributed by atoms with Gasteiger partial charge in [0.25, 0.3) is 5.91 Å². The van der Waals surface area contributed by atoms with Crippen LogP contribution >= 0.6 is 11.8 Å². The van der Waals surface area contributed by atoms with E-state index in [9.17, 15) is 9.59 Å². The molecule has 0 aliphatic carbocycles. The highest BCUT2D eigenvalue weighted by molar-refractivity contribution is 7.98. The first-order chi connectivity index (χ1) is 13.5. The van der Waals surface area contributed by atoms with Gasteiger partial charge in [0.15, 0.2) is 11.5 Å². The summed E-state index contributed by atoms with van der Waals surface area (Å²) in [6, 6.07) is 12.9. The zero-order valence-electron chi connectivity index (χ0n) is 16.2. The second kappa shape index (κ2) is 9.01. The molecule has 1 heterocycles. The molecule has 1 atom stereocenters. The highest BCUT2D eigenvalue weighted by atomic mass is 32.2. The molecule has 148 valence electrons. The number of thioether (sulfide) groups is 1. The van der Waals surface area contributed by atoms with Gasteiger partial charge < -0.3 is 14.8 Å². The summed E-state index contributed by atoms with van der Waals surface area (Å²) in [7, 11) is 3.16. The number of ether oxygens (including phenoxy) is 2. The molecule has 1 unspecified atom stereocenters. The monoisotopic (exact) mass is 400 g/mol. The molecule has 1 saturated heterocycles. The molecule has 1 N–H and O–H groups in total. The Balaban J connectivity index is 1.62. The second-order valence-corrected chi connectivity index (χ2v) is 7.33. The van der Waals surface area contributed by atoms with Gasteiger partial charge in [0, 0.05) is 17.1 Å².